The van der Waals surface area contributed by atoms with E-state index >= 15 is 0 Å². The molecule has 0 unspecified atom stereocenters. The molecule has 0 aliphatic carbocycles. The number of carbonyl (C=O) groups excluding carboxylic acids is 1. The molecule has 1 aliphatic rings. The van der Waals surface area contributed by atoms with Gasteiger partial charge in [0.05, 0.1) is 15.5 Å². The molecule has 2 aromatic carbocycles. The molecule has 1 aliphatic heterocycles. The van der Waals surface area contributed by atoms with E-state index in [-0.39, 0.29) is 26.5 Å². The molecule has 1 fully saturated rings. The number of halogens is 1. The van der Waals surface area contributed by atoms with Crippen molar-refractivity contribution in [3.63, 3.8) is 0 Å². The van der Waals surface area contributed by atoms with Crippen LogP contribution in [0.1, 0.15) is 11.1 Å². The largest absolute Gasteiger partial charge is 0.871 e. The highest BCUT2D eigenvalue weighted by Gasteiger charge is 2.33. The number of thioether (sulfide) groups is 1. The van der Waals surface area contributed by atoms with Gasteiger partial charge in [0.2, 0.25) is 0 Å². The Kier molecular flexibility index (Phi) is 5.12. The van der Waals surface area contributed by atoms with E-state index in [9.17, 15) is 20.0 Å². The first-order valence-corrected chi connectivity index (χ1v) is 9.29. The van der Waals surface area contributed by atoms with E-state index in [2.05, 4.69) is 15.9 Å². The maximum absolute atomic E-state index is 12.7. The molecule has 0 saturated carbocycles. The maximum Gasteiger partial charge on any atom is 0.271 e. The Morgan fingerprint density at radius 2 is 2.04 bits per heavy atom. The minimum atomic E-state index is -0.598. The molecule has 1 saturated heterocycles. The lowest BCUT2D eigenvalue weighted by Crippen LogP contribution is -2.27. The minimum Gasteiger partial charge on any atom is -0.871 e. The summed E-state index contributed by atoms with van der Waals surface area (Å²) in [6, 6.07) is 9.60. The van der Waals surface area contributed by atoms with Crippen LogP contribution in [0, 0.1) is 17.0 Å². The van der Waals surface area contributed by atoms with E-state index in [1.807, 2.05) is 25.1 Å². The Balaban J connectivity index is 2.02. The molecular formula is C17H10BrN2O4S2-. The monoisotopic (exact) mass is 449 g/mol. The van der Waals surface area contributed by atoms with Gasteiger partial charge in [-0.3, -0.25) is 19.8 Å². The summed E-state index contributed by atoms with van der Waals surface area (Å²) in [5, 5.41) is 23.2. The Labute approximate surface area is 166 Å². The Bertz CT molecular complexity index is 991. The number of thiocarbonyl (C=S) groups is 1. The number of anilines is 1. The summed E-state index contributed by atoms with van der Waals surface area (Å²) in [6.07, 6.45) is 1.34. The van der Waals surface area contributed by atoms with Crippen LogP contribution in [-0.2, 0) is 4.79 Å². The van der Waals surface area contributed by atoms with Crippen molar-refractivity contribution >= 4 is 67.6 Å². The maximum atomic E-state index is 12.7. The van der Waals surface area contributed by atoms with Gasteiger partial charge >= 0.3 is 0 Å². The second-order valence-electron chi connectivity index (χ2n) is 5.46. The molecule has 0 bridgehead atoms. The van der Waals surface area contributed by atoms with E-state index in [1.54, 1.807) is 6.07 Å². The number of nitrogens with zero attached hydrogens (tertiary/aromatic N) is 2. The highest BCUT2D eigenvalue weighted by Crippen LogP contribution is 2.39. The smallest absolute Gasteiger partial charge is 0.271 e. The number of nitro groups is 1. The Morgan fingerprint density at radius 3 is 2.69 bits per heavy atom. The van der Waals surface area contributed by atoms with Crippen molar-refractivity contribution in [1.82, 2.24) is 0 Å². The van der Waals surface area contributed by atoms with E-state index in [4.69, 9.17) is 12.2 Å². The molecule has 3 rings (SSSR count). The number of rotatable bonds is 3. The summed E-state index contributed by atoms with van der Waals surface area (Å²) in [4.78, 5) is 24.8. The molecule has 0 N–H and O–H groups in total. The van der Waals surface area contributed by atoms with Crippen LogP contribution in [0.2, 0.25) is 0 Å². The predicted octanol–water partition coefficient (Wildman–Crippen LogP) is 4.15. The Morgan fingerprint density at radius 1 is 1.31 bits per heavy atom. The standard InChI is InChI=1S/C17H11BrN2O4S2/c1-9-3-2-4-11(5-9)19-16(22)14(26-17(19)25)7-10-6-12(20(23)24)8-13(18)15(10)21/h2-8,21H,1H3/p-1/b14-7-. The summed E-state index contributed by atoms with van der Waals surface area (Å²) in [5.41, 5.74) is 1.43. The van der Waals surface area contributed by atoms with Crippen molar-refractivity contribution in [1.29, 1.82) is 0 Å². The van der Waals surface area contributed by atoms with E-state index in [0.29, 0.717) is 10.0 Å². The zero-order valence-corrected chi connectivity index (χ0v) is 16.5. The van der Waals surface area contributed by atoms with Crippen molar-refractivity contribution < 1.29 is 14.8 Å². The molecular weight excluding hydrogens is 440 g/mol. The second kappa shape index (κ2) is 7.18. The van der Waals surface area contributed by atoms with E-state index < -0.39 is 10.7 Å². The fourth-order valence-electron chi connectivity index (χ4n) is 2.41. The van der Waals surface area contributed by atoms with Crippen LogP contribution in [0.15, 0.2) is 45.8 Å². The first-order chi connectivity index (χ1) is 12.3. The van der Waals surface area contributed by atoms with Crippen molar-refractivity contribution in [3.05, 3.63) is 67.0 Å². The molecule has 132 valence electrons. The van der Waals surface area contributed by atoms with E-state index in [0.717, 1.165) is 29.5 Å². The third-order valence-corrected chi connectivity index (χ3v) is 5.50. The molecule has 0 atom stereocenters. The summed E-state index contributed by atoms with van der Waals surface area (Å²) in [5.74, 6) is -0.802. The molecule has 2 aromatic rings. The fraction of sp³-hybridized carbons (Fsp3) is 0.0588. The normalized spacial score (nSPS) is 15.8. The van der Waals surface area contributed by atoms with Crippen molar-refractivity contribution in [2.45, 2.75) is 6.92 Å². The molecule has 0 aromatic heterocycles. The average Bonchev–Trinajstić information content (AvgIpc) is 2.85. The van der Waals surface area contributed by atoms with Crippen LogP contribution in [0.25, 0.3) is 6.08 Å². The minimum absolute atomic E-state index is 0.0517. The fourth-order valence-corrected chi connectivity index (χ4v) is 4.16. The lowest BCUT2D eigenvalue weighted by molar-refractivity contribution is -0.385. The number of amides is 1. The van der Waals surface area contributed by atoms with Gasteiger partial charge in [0, 0.05) is 16.6 Å². The third-order valence-electron chi connectivity index (χ3n) is 3.61. The summed E-state index contributed by atoms with van der Waals surface area (Å²) >= 11 is 9.37. The highest BCUT2D eigenvalue weighted by atomic mass is 79.9. The average molecular weight is 450 g/mol. The van der Waals surface area contributed by atoms with Crippen LogP contribution < -0.4 is 10.0 Å². The lowest BCUT2D eigenvalue weighted by Gasteiger charge is -2.15. The van der Waals surface area contributed by atoms with Gasteiger partial charge in [-0.25, -0.2) is 0 Å². The van der Waals surface area contributed by atoms with Crippen LogP contribution in [0.5, 0.6) is 5.75 Å². The molecule has 1 amide bonds. The predicted molar refractivity (Wildman–Crippen MR) is 107 cm³/mol. The van der Waals surface area contributed by atoms with Gasteiger partial charge in [0.15, 0.2) is 4.32 Å². The number of hydrogen-bond acceptors (Lipinski definition) is 6. The number of hydrogen-bond donors (Lipinski definition) is 0. The SMILES string of the molecule is Cc1cccc(N2C(=O)/C(=C/c3cc([N+](=O)[O-])cc(Br)c3[O-])SC2=S)c1. The van der Waals surface area contributed by atoms with Gasteiger partial charge in [0.1, 0.15) is 0 Å². The molecule has 26 heavy (non-hydrogen) atoms. The van der Waals surface area contributed by atoms with Crippen LogP contribution in [-0.4, -0.2) is 15.2 Å². The van der Waals surface area contributed by atoms with Crippen LogP contribution >= 0.6 is 39.9 Å². The molecule has 6 nitrogen and oxygen atoms in total. The highest BCUT2D eigenvalue weighted by molar-refractivity contribution is 9.10. The molecule has 0 spiro atoms. The molecule has 1 heterocycles. The van der Waals surface area contributed by atoms with Gasteiger partial charge < -0.3 is 5.11 Å². The Hall–Kier alpha value is -2.23. The lowest BCUT2D eigenvalue weighted by atomic mass is 10.1. The number of non-ortho nitro benzene ring substituents is 1. The van der Waals surface area contributed by atoms with Crippen molar-refractivity contribution in [2.24, 2.45) is 0 Å². The molecule has 9 heteroatoms. The number of carbonyl (C=O) groups is 1. The second-order valence-corrected chi connectivity index (χ2v) is 7.99. The van der Waals surface area contributed by atoms with Gasteiger partial charge in [-0.1, -0.05) is 57.8 Å². The topological polar surface area (TPSA) is 86.5 Å². The van der Waals surface area contributed by atoms with Crippen LogP contribution in [0.3, 0.4) is 0 Å². The number of nitro benzene ring substituents is 1. The van der Waals surface area contributed by atoms with Gasteiger partial charge in [-0.15, -0.1) is 0 Å². The van der Waals surface area contributed by atoms with E-state index in [1.165, 1.54) is 11.0 Å². The molecule has 0 radical (unpaired) electrons. The van der Waals surface area contributed by atoms with Gasteiger partial charge in [-0.2, -0.15) is 0 Å². The first kappa shape index (κ1) is 18.6. The third kappa shape index (κ3) is 3.50. The quantitative estimate of drug-likeness (QED) is 0.302. The van der Waals surface area contributed by atoms with Gasteiger partial charge in [0.25, 0.3) is 11.6 Å². The summed E-state index contributed by atoms with van der Waals surface area (Å²) in [7, 11) is 0. The zero-order valence-electron chi connectivity index (χ0n) is 13.3. The first-order valence-electron chi connectivity index (χ1n) is 7.27. The summed E-state index contributed by atoms with van der Waals surface area (Å²) in [6.45, 7) is 1.90. The number of aryl methyl sites for hydroxylation is 1. The number of benzene rings is 2. The zero-order chi connectivity index (χ0) is 19.0. The van der Waals surface area contributed by atoms with Crippen LogP contribution in [0.4, 0.5) is 11.4 Å². The van der Waals surface area contributed by atoms with Gasteiger partial charge in [-0.05, 0) is 36.3 Å². The van der Waals surface area contributed by atoms with Crippen molar-refractivity contribution in [2.75, 3.05) is 4.90 Å². The van der Waals surface area contributed by atoms with Crippen molar-refractivity contribution in [3.8, 4) is 5.75 Å². The summed E-state index contributed by atoms with van der Waals surface area (Å²) < 4.78 is 0.399.